The van der Waals surface area contributed by atoms with Crippen molar-refractivity contribution < 1.29 is 14.4 Å². The maximum atomic E-state index is 12.9. The van der Waals surface area contributed by atoms with Gasteiger partial charge in [0.05, 0.1) is 18.4 Å². The van der Waals surface area contributed by atoms with Gasteiger partial charge in [0.2, 0.25) is 5.91 Å². The zero-order valence-electron chi connectivity index (χ0n) is 16.1. The van der Waals surface area contributed by atoms with E-state index in [2.05, 4.69) is 10.3 Å². The van der Waals surface area contributed by atoms with Crippen molar-refractivity contribution >= 4 is 18.0 Å². The molecule has 1 fully saturated rings. The Bertz CT molecular complexity index is 737. The van der Waals surface area contributed by atoms with Crippen LogP contribution in [0.3, 0.4) is 0 Å². The van der Waals surface area contributed by atoms with E-state index in [0.29, 0.717) is 25.5 Å². The Hall–Kier alpha value is -2.58. The molecule has 3 heterocycles. The standard InChI is InChI=1S/C18H28N6O3/c1-4-11(2)15(21-17(19)26)16(25)22-7-5-13(6-8-22)23-10-14-9-20-12(3)24(14)18(23)27/h9,11,13,15H,4-8,10H2,1-3H3,(H3,19,21,26)/t11-,15+/m0/s1. The van der Waals surface area contributed by atoms with E-state index >= 15 is 0 Å². The van der Waals surface area contributed by atoms with Crippen LogP contribution in [-0.4, -0.2) is 62.5 Å². The van der Waals surface area contributed by atoms with E-state index in [0.717, 1.165) is 25.0 Å². The van der Waals surface area contributed by atoms with Gasteiger partial charge in [-0.25, -0.2) is 14.6 Å². The Labute approximate surface area is 158 Å². The lowest BCUT2D eigenvalue weighted by Gasteiger charge is -2.38. The highest BCUT2D eigenvalue weighted by Crippen LogP contribution is 2.26. The molecule has 9 heteroatoms. The van der Waals surface area contributed by atoms with Crippen molar-refractivity contribution in [1.82, 2.24) is 24.7 Å². The number of nitrogens with zero attached hydrogens (tertiary/aromatic N) is 4. The summed E-state index contributed by atoms with van der Waals surface area (Å²) in [5, 5.41) is 2.59. The average Bonchev–Trinajstić information content (AvgIpc) is 3.18. The second kappa shape index (κ2) is 7.58. The number of hydrogen-bond donors (Lipinski definition) is 2. The van der Waals surface area contributed by atoms with Crippen molar-refractivity contribution in [2.45, 2.75) is 58.7 Å². The fraction of sp³-hybridized carbons (Fsp3) is 0.667. The van der Waals surface area contributed by atoms with Gasteiger partial charge in [-0.1, -0.05) is 20.3 Å². The van der Waals surface area contributed by atoms with E-state index < -0.39 is 12.1 Å². The second-order valence-electron chi connectivity index (χ2n) is 7.47. The molecule has 2 atom stereocenters. The van der Waals surface area contributed by atoms with E-state index in [1.807, 2.05) is 25.7 Å². The molecule has 2 aliphatic heterocycles. The van der Waals surface area contributed by atoms with Gasteiger partial charge in [-0.3, -0.25) is 9.36 Å². The van der Waals surface area contributed by atoms with Gasteiger partial charge < -0.3 is 20.9 Å². The average molecular weight is 376 g/mol. The third kappa shape index (κ3) is 3.63. The molecule has 0 unspecified atom stereocenters. The number of aryl methyl sites for hydroxylation is 1. The Balaban J connectivity index is 1.61. The van der Waals surface area contributed by atoms with Gasteiger partial charge in [0.25, 0.3) is 0 Å². The first kappa shape index (κ1) is 19.2. The largest absolute Gasteiger partial charge is 0.352 e. The topological polar surface area (TPSA) is 114 Å². The number of amides is 4. The molecule has 3 rings (SSSR count). The molecule has 148 valence electrons. The first-order valence-electron chi connectivity index (χ1n) is 9.52. The van der Waals surface area contributed by atoms with Crippen molar-refractivity contribution in [3.05, 3.63) is 17.7 Å². The van der Waals surface area contributed by atoms with Crippen molar-refractivity contribution in [2.75, 3.05) is 13.1 Å². The van der Waals surface area contributed by atoms with Crippen LogP contribution in [0.15, 0.2) is 6.20 Å². The fourth-order valence-corrected chi connectivity index (χ4v) is 3.95. The Morgan fingerprint density at radius 3 is 2.59 bits per heavy atom. The molecule has 0 radical (unpaired) electrons. The number of fused-ring (bicyclic) bond motifs is 1. The van der Waals surface area contributed by atoms with Crippen LogP contribution >= 0.6 is 0 Å². The molecule has 2 aliphatic rings. The van der Waals surface area contributed by atoms with E-state index in [1.165, 1.54) is 0 Å². The lowest BCUT2D eigenvalue weighted by Crippen LogP contribution is -2.56. The quantitative estimate of drug-likeness (QED) is 0.799. The minimum atomic E-state index is -0.683. The van der Waals surface area contributed by atoms with Crippen molar-refractivity contribution in [3.63, 3.8) is 0 Å². The number of hydrogen-bond acceptors (Lipinski definition) is 4. The zero-order valence-corrected chi connectivity index (χ0v) is 16.1. The fourth-order valence-electron chi connectivity index (χ4n) is 3.95. The molecule has 0 spiro atoms. The third-order valence-corrected chi connectivity index (χ3v) is 5.77. The van der Waals surface area contributed by atoms with Gasteiger partial charge in [-0.2, -0.15) is 0 Å². The number of aromatic nitrogens is 2. The van der Waals surface area contributed by atoms with Crippen LogP contribution in [-0.2, 0) is 11.3 Å². The molecule has 9 nitrogen and oxygen atoms in total. The lowest BCUT2D eigenvalue weighted by atomic mass is 9.96. The summed E-state index contributed by atoms with van der Waals surface area (Å²) >= 11 is 0. The summed E-state index contributed by atoms with van der Waals surface area (Å²) in [6.07, 6.45) is 3.95. The first-order chi connectivity index (χ1) is 12.8. The number of imidazole rings is 1. The Kier molecular flexibility index (Phi) is 5.38. The molecule has 0 aliphatic carbocycles. The number of nitrogens with two attached hydrogens (primary N) is 1. The summed E-state index contributed by atoms with van der Waals surface area (Å²) in [7, 11) is 0. The van der Waals surface area contributed by atoms with Crippen molar-refractivity contribution in [2.24, 2.45) is 11.7 Å². The number of carbonyl (C=O) groups is 3. The molecule has 27 heavy (non-hydrogen) atoms. The first-order valence-corrected chi connectivity index (χ1v) is 9.52. The molecule has 1 aromatic rings. The van der Waals surface area contributed by atoms with Gasteiger partial charge in [0, 0.05) is 19.1 Å². The van der Waals surface area contributed by atoms with Crippen molar-refractivity contribution in [1.29, 1.82) is 0 Å². The highest BCUT2D eigenvalue weighted by molar-refractivity contribution is 5.87. The summed E-state index contributed by atoms with van der Waals surface area (Å²) in [5.74, 6) is 0.615. The number of carbonyl (C=O) groups excluding carboxylic acids is 3. The van der Waals surface area contributed by atoms with E-state index in [1.54, 1.807) is 15.7 Å². The molecule has 0 bridgehead atoms. The molecular formula is C18H28N6O3. The number of piperidine rings is 1. The summed E-state index contributed by atoms with van der Waals surface area (Å²) < 4.78 is 1.66. The van der Waals surface area contributed by atoms with Gasteiger partial charge in [-0.15, -0.1) is 0 Å². The van der Waals surface area contributed by atoms with Crippen LogP contribution in [0, 0.1) is 12.8 Å². The monoisotopic (exact) mass is 376 g/mol. The number of rotatable bonds is 5. The number of nitrogens with one attached hydrogen (secondary N) is 1. The molecule has 1 saturated heterocycles. The van der Waals surface area contributed by atoms with Crippen LogP contribution in [0.5, 0.6) is 0 Å². The minimum absolute atomic E-state index is 0.00394. The molecule has 0 saturated carbocycles. The maximum absolute atomic E-state index is 12.9. The number of likely N-dealkylation sites (tertiary alicyclic amines) is 1. The van der Waals surface area contributed by atoms with Crippen LogP contribution in [0.1, 0.15) is 44.6 Å². The maximum Gasteiger partial charge on any atom is 0.330 e. The highest BCUT2D eigenvalue weighted by Gasteiger charge is 2.38. The van der Waals surface area contributed by atoms with E-state index in [-0.39, 0.29) is 23.9 Å². The zero-order chi connectivity index (χ0) is 19.7. The van der Waals surface area contributed by atoms with Crippen molar-refractivity contribution in [3.8, 4) is 0 Å². The van der Waals surface area contributed by atoms with Gasteiger partial charge >= 0.3 is 12.1 Å². The van der Waals surface area contributed by atoms with E-state index in [4.69, 9.17) is 5.73 Å². The van der Waals surface area contributed by atoms with Crippen LogP contribution in [0.4, 0.5) is 9.59 Å². The van der Waals surface area contributed by atoms with Gasteiger partial charge in [-0.05, 0) is 25.7 Å². The minimum Gasteiger partial charge on any atom is -0.352 e. The molecule has 1 aromatic heterocycles. The SMILES string of the molecule is CC[C@H](C)[C@@H](NC(N)=O)C(=O)N1CCC(N2Cc3cnc(C)n3C2=O)CC1. The predicted molar refractivity (Wildman–Crippen MR) is 98.9 cm³/mol. The summed E-state index contributed by atoms with van der Waals surface area (Å²) in [6.45, 7) is 7.42. The molecule has 0 aromatic carbocycles. The second-order valence-corrected chi connectivity index (χ2v) is 7.47. The van der Waals surface area contributed by atoms with Crippen LogP contribution in [0.25, 0.3) is 0 Å². The summed E-state index contributed by atoms with van der Waals surface area (Å²) in [4.78, 5) is 44.6. The number of urea groups is 1. The smallest absolute Gasteiger partial charge is 0.330 e. The number of primary amides is 1. The normalized spacial score (nSPS) is 19.7. The third-order valence-electron chi connectivity index (χ3n) is 5.77. The molecule has 4 amide bonds. The Morgan fingerprint density at radius 1 is 1.37 bits per heavy atom. The molecule has 3 N–H and O–H groups in total. The highest BCUT2D eigenvalue weighted by atomic mass is 16.2. The molecular weight excluding hydrogens is 348 g/mol. The van der Waals surface area contributed by atoms with Crippen LogP contribution in [0.2, 0.25) is 0 Å². The summed E-state index contributed by atoms with van der Waals surface area (Å²) in [5.41, 5.74) is 6.16. The van der Waals surface area contributed by atoms with Gasteiger partial charge in [0.15, 0.2) is 0 Å². The predicted octanol–water partition coefficient (Wildman–Crippen LogP) is 1.05. The van der Waals surface area contributed by atoms with Crippen LogP contribution < -0.4 is 11.1 Å². The lowest BCUT2D eigenvalue weighted by molar-refractivity contribution is -0.135. The summed E-state index contributed by atoms with van der Waals surface area (Å²) in [6, 6.07) is -1.21. The van der Waals surface area contributed by atoms with Gasteiger partial charge in [0.1, 0.15) is 11.9 Å². The Morgan fingerprint density at radius 2 is 2.04 bits per heavy atom. The van der Waals surface area contributed by atoms with E-state index in [9.17, 15) is 14.4 Å².